The van der Waals surface area contributed by atoms with Crippen LogP contribution in [0.4, 0.5) is 11.4 Å². The van der Waals surface area contributed by atoms with Gasteiger partial charge in [-0.15, -0.1) is 11.3 Å². The maximum absolute atomic E-state index is 12.9. The normalized spacial score (nSPS) is 17.1. The van der Waals surface area contributed by atoms with Crippen LogP contribution in [-0.4, -0.2) is 30.9 Å². The summed E-state index contributed by atoms with van der Waals surface area (Å²) in [7, 11) is 3.89. The highest BCUT2D eigenvalue weighted by molar-refractivity contribution is 7.10. The van der Waals surface area contributed by atoms with Crippen LogP contribution in [0.25, 0.3) is 0 Å². The van der Waals surface area contributed by atoms with Crippen LogP contribution in [0.2, 0.25) is 0 Å². The number of thiophene rings is 1. The van der Waals surface area contributed by atoms with Crippen molar-refractivity contribution < 1.29 is 14.7 Å². The van der Waals surface area contributed by atoms with E-state index in [4.69, 9.17) is 0 Å². The fraction of sp³-hybridized carbons (Fsp3) is 0.333. The molecule has 3 rings (SSSR count). The number of rotatable bonds is 6. The second kappa shape index (κ2) is 7.56. The smallest absolute Gasteiger partial charge is 0.294 e. The number of anilines is 2. The van der Waals surface area contributed by atoms with E-state index in [0.29, 0.717) is 12.1 Å². The van der Waals surface area contributed by atoms with Crippen molar-refractivity contribution in [3.63, 3.8) is 0 Å². The molecule has 2 aromatic rings. The molecule has 5 nitrogen and oxygen atoms in total. The number of ketones is 1. The molecule has 0 aliphatic carbocycles. The summed E-state index contributed by atoms with van der Waals surface area (Å²) >= 11 is 1.47. The zero-order valence-electron chi connectivity index (χ0n) is 16.0. The summed E-state index contributed by atoms with van der Waals surface area (Å²) in [6.45, 7) is 3.90. The lowest BCUT2D eigenvalue weighted by atomic mass is 9.95. The number of hydrogen-bond acceptors (Lipinski definition) is 5. The van der Waals surface area contributed by atoms with Gasteiger partial charge in [0.05, 0.1) is 5.57 Å². The van der Waals surface area contributed by atoms with E-state index in [1.165, 1.54) is 16.2 Å². The van der Waals surface area contributed by atoms with Crippen LogP contribution in [0.15, 0.2) is 53.1 Å². The molecule has 1 aliphatic heterocycles. The number of hydrogen-bond donors (Lipinski definition) is 1. The van der Waals surface area contributed by atoms with E-state index in [0.717, 1.165) is 10.6 Å². The summed E-state index contributed by atoms with van der Waals surface area (Å²) in [4.78, 5) is 30.1. The fourth-order valence-electron chi connectivity index (χ4n) is 3.26. The molecule has 1 amide bonds. The third-order valence-electron chi connectivity index (χ3n) is 4.56. The summed E-state index contributed by atoms with van der Waals surface area (Å²) < 4.78 is 0. The summed E-state index contributed by atoms with van der Waals surface area (Å²) in [6, 6.07) is 10.7. The van der Waals surface area contributed by atoms with Crippen molar-refractivity contribution in [1.29, 1.82) is 0 Å². The SMILES string of the molecule is CC(C)CC(=O)C1=C(O)C(=O)N(c2ccc(N(C)C)cc2)C1c1cccs1. The first-order valence-electron chi connectivity index (χ1n) is 8.92. The van der Waals surface area contributed by atoms with Gasteiger partial charge in [-0.25, -0.2) is 0 Å². The lowest BCUT2D eigenvalue weighted by Gasteiger charge is -2.26. The van der Waals surface area contributed by atoms with Crippen LogP contribution in [-0.2, 0) is 9.59 Å². The molecule has 1 unspecified atom stereocenters. The van der Waals surface area contributed by atoms with E-state index in [9.17, 15) is 14.7 Å². The van der Waals surface area contributed by atoms with Crippen LogP contribution in [0.1, 0.15) is 31.2 Å². The van der Waals surface area contributed by atoms with Gasteiger partial charge in [0.1, 0.15) is 6.04 Å². The molecule has 1 aromatic heterocycles. The zero-order valence-corrected chi connectivity index (χ0v) is 16.8. The van der Waals surface area contributed by atoms with Gasteiger partial charge in [-0.1, -0.05) is 19.9 Å². The van der Waals surface area contributed by atoms with Gasteiger partial charge in [0.25, 0.3) is 5.91 Å². The van der Waals surface area contributed by atoms with Crippen molar-refractivity contribution in [1.82, 2.24) is 0 Å². The molecular formula is C21H24N2O3S. The van der Waals surface area contributed by atoms with Gasteiger partial charge in [0.2, 0.25) is 0 Å². The summed E-state index contributed by atoms with van der Waals surface area (Å²) in [5.74, 6) is -0.999. The van der Waals surface area contributed by atoms with E-state index in [2.05, 4.69) is 0 Å². The van der Waals surface area contributed by atoms with E-state index in [-0.39, 0.29) is 17.3 Å². The Balaban J connectivity index is 2.06. The Morgan fingerprint density at radius 2 is 1.89 bits per heavy atom. The minimum absolute atomic E-state index is 0.144. The highest BCUT2D eigenvalue weighted by Gasteiger charge is 2.44. The molecule has 0 saturated carbocycles. The Morgan fingerprint density at radius 1 is 1.22 bits per heavy atom. The minimum Gasteiger partial charge on any atom is -0.503 e. The first-order chi connectivity index (χ1) is 12.8. The lowest BCUT2D eigenvalue weighted by Crippen LogP contribution is -2.30. The van der Waals surface area contributed by atoms with E-state index < -0.39 is 17.7 Å². The summed E-state index contributed by atoms with van der Waals surface area (Å²) in [5.41, 5.74) is 1.86. The minimum atomic E-state index is -0.589. The third-order valence-corrected chi connectivity index (χ3v) is 5.48. The van der Waals surface area contributed by atoms with E-state index in [1.54, 1.807) is 0 Å². The molecule has 0 saturated heterocycles. The molecule has 0 radical (unpaired) electrons. The van der Waals surface area contributed by atoms with Gasteiger partial charge in [-0.05, 0) is 41.6 Å². The van der Waals surface area contributed by atoms with Crippen LogP contribution < -0.4 is 9.80 Å². The van der Waals surface area contributed by atoms with Crippen molar-refractivity contribution in [3.8, 4) is 0 Å². The first kappa shape index (κ1) is 19.2. The Hall–Kier alpha value is -2.60. The quantitative estimate of drug-likeness (QED) is 0.805. The van der Waals surface area contributed by atoms with Gasteiger partial charge in [-0.2, -0.15) is 0 Å². The largest absolute Gasteiger partial charge is 0.503 e. The number of aliphatic hydroxyl groups is 1. The van der Waals surface area contributed by atoms with Crippen LogP contribution >= 0.6 is 11.3 Å². The molecular weight excluding hydrogens is 360 g/mol. The highest BCUT2D eigenvalue weighted by atomic mass is 32.1. The molecule has 2 heterocycles. The standard InChI is InChI=1S/C21H24N2O3S/c1-13(2)12-16(24)18-19(17-6-5-11-27-17)23(21(26)20(18)25)15-9-7-14(8-10-15)22(3)4/h5-11,13,19,25H,12H2,1-4H3. The maximum Gasteiger partial charge on any atom is 0.294 e. The number of Topliss-reactive ketones (excluding diaryl/α,β-unsaturated/α-hetero) is 1. The number of carbonyl (C=O) groups excluding carboxylic acids is 2. The lowest BCUT2D eigenvalue weighted by molar-refractivity contribution is -0.118. The van der Waals surface area contributed by atoms with Gasteiger partial charge in [0.15, 0.2) is 11.5 Å². The number of benzene rings is 1. The second-order valence-corrected chi connectivity index (χ2v) is 8.27. The summed E-state index contributed by atoms with van der Waals surface area (Å²) in [6.07, 6.45) is 0.294. The predicted molar refractivity (Wildman–Crippen MR) is 109 cm³/mol. The molecule has 1 aliphatic rings. The Labute approximate surface area is 163 Å². The van der Waals surface area contributed by atoms with Gasteiger partial charge in [0, 0.05) is 36.8 Å². The number of carbonyl (C=O) groups is 2. The average Bonchev–Trinajstić information content (AvgIpc) is 3.22. The predicted octanol–water partition coefficient (Wildman–Crippen LogP) is 4.33. The highest BCUT2D eigenvalue weighted by Crippen LogP contribution is 2.43. The Kier molecular flexibility index (Phi) is 5.37. The molecule has 0 bridgehead atoms. The topological polar surface area (TPSA) is 60.9 Å². The third kappa shape index (κ3) is 3.62. The van der Waals surface area contributed by atoms with E-state index in [1.807, 2.05) is 74.6 Å². The van der Waals surface area contributed by atoms with Crippen molar-refractivity contribution in [2.24, 2.45) is 5.92 Å². The van der Waals surface area contributed by atoms with Crippen molar-refractivity contribution >= 4 is 34.4 Å². The molecule has 1 aromatic carbocycles. The fourth-order valence-corrected chi connectivity index (χ4v) is 4.09. The number of aliphatic hydroxyl groups excluding tert-OH is 1. The van der Waals surface area contributed by atoms with Crippen LogP contribution in [0, 0.1) is 5.92 Å². The van der Waals surface area contributed by atoms with Crippen molar-refractivity contribution in [2.75, 3.05) is 23.9 Å². The van der Waals surface area contributed by atoms with Gasteiger partial charge in [-0.3, -0.25) is 14.5 Å². The average molecular weight is 385 g/mol. The molecule has 1 atom stereocenters. The first-order valence-corrected chi connectivity index (χ1v) is 9.80. The maximum atomic E-state index is 12.9. The second-order valence-electron chi connectivity index (χ2n) is 7.29. The van der Waals surface area contributed by atoms with Gasteiger partial charge < -0.3 is 10.0 Å². The molecule has 27 heavy (non-hydrogen) atoms. The molecule has 142 valence electrons. The van der Waals surface area contributed by atoms with Gasteiger partial charge >= 0.3 is 0 Å². The monoisotopic (exact) mass is 384 g/mol. The molecule has 0 spiro atoms. The zero-order chi connectivity index (χ0) is 19.7. The van der Waals surface area contributed by atoms with E-state index >= 15 is 0 Å². The molecule has 6 heteroatoms. The van der Waals surface area contributed by atoms with Crippen LogP contribution in [0.3, 0.4) is 0 Å². The van der Waals surface area contributed by atoms with Crippen molar-refractivity contribution in [3.05, 3.63) is 58.0 Å². The Bertz CT molecular complexity index is 867. The molecule has 0 fully saturated rings. The van der Waals surface area contributed by atoms with Crippen LogP contribution in [0.5, 0.6) is 0 Å². The molecule has 1 N–H and O–H groups in total. The Morgan fingerprint density at radius 3 is 2.41 bits per heavy atom. The number of nitrogens with zero attached hydrogens (tertiary/aromatic N) is 2. The summed E-state index contributed by atoms with van der Waals surface area (Å²) in [5, 5.41) is 12.5. The number of amides is 1. The van der Waals surface area contributed by atoms with Crippen molar-refractivity contribution in [2.45, 2.75) is 26.3 Å².